The van der Waals surface area contributed by atoms with Crippen molar-refractivity contribution in [3.8, 4) is 5.75 Å². The Morgan fingerprint density at radius 1 is 1.33 bits per heavy atom. The molecule has 0 fully saturated rings. The zero-order valence-electron chi connectivity index (χ0n) is 9.82. The number of aromatic hydroxyl groups is 1. The van der Waals surface area contributed by atoms with Crippen LogP contribution in [0.2, 0.25) is 0 Å². The fraction of sp³-hybridized carbons (Fsp3) is 0. The third-order valence-electron chi connectivity index (χ3n) is 1.13. The molecule has 0 atom stereocenters. The van der Waals surface area contributed by atoms with Crippen molar-refractivity contribution >= 4 is 29.0 Å². The normalized spacial score (nSPS) is 7.67. The van der Waals surface area contributed by atoms with Crippen LogP contribution in [-0.4, -0.2) is 39.2 Å². The Bertz CT molecular complexity index is 275. The molecule has 0 spiro atoms. The van der Waals surface area contributed by atoms with E-state index in [0.29, 0.717) is 0 Å². The topological polar surface area (TPSA) is 57.5 Å². The van der Waals surface area contributed by atoms with Crippen molar-refractivity contribution in [2.24, 2.45) is 0 Å². The molecule has 1 aromatic carbocycles. The number of carboxylic acid groups (broad SMARTS) is 1. The van der Waals surface area contributed by atoms with Gasteiger partial charge in [0.2, 0.25) is 0 Å². The number of para-hydroxylation sites is 1. The first-order chi connectivity index (χ1) is 4.72. The van der Waals surface area contributed by atoms with Crippen LogP contribution in [0, 0.1) is 0 Å². The molecule has 1 aromatic rings. The van der Waals surface area contributed by atoms with Crippen molar-refractivity contribution in [3.05, 3.63) is 29.8 Å². The van der Waals surface area contributed by atoms with E-state index in [9.17, 15) is 4.79 Å². The van der Waals surface area contributed by atoms with Crippen molar-refractivity contribution in [2.45, 2.75) is 0 Å². The van der Waals surface area contributed by atoms with Crippen LogP contribution in [0.3, 0.4) is 0 Å². The van der Waals surface area contributed by atoms with E-state index in [1.54, 1.807) is 12.1 Å². The van der Waals surface area contributed by atoms with Gasteiger partial charge in [-0.05, 0) is 12.1 Å². The smallest absolute Gasteiger partial charge is 1.00 e. The van der Waals surface area contributed by atoms with E-state index in [2.05, 4.69) is 0 Å². The monoisotopic (exact) mass is 204 g/mol. The first kappa shape index (κ1) is 15.4. The summed E-state index contributed by atoms with van der Waals surface area (Å²) in [6.07, 6.45) is 0. The van der Waals surface area contributed by atoms with E-state index in [-0.39, 0.29) is 90.0 Å². The molecule has 58 valence electrons. The first-order valence-corrected chi connectivity index (χ1v) is 2.73. The second-order valence-corrected chi connectivity index (χ2v) is 1.82. The van der Waals surface area contributed by atoms with Crippen LogP contribution in [0.1, 0.15) is 14.6 Å². The molecule has 0 aliphatic heterocycles. The fourth-order valence-corrected chi connectivity index (χ4v) is 0.654. The Morgan fingerprint density at radius 2 is 1.83 bits per heavy atom. The van der Waals surface area contributed by atoms with Crippen molar-refractivity contribution in [1.82, 2.24) is 0 Å². The average molecular weight is 205 g/mol. The number of benzene rings is 1. The van der Waals surface area contributed by atoms with Crippen LogP contribution in [0.25, 0.3) is 0 Å². The van der Waals surface area contributed by atoms with Crippen LogP contribution in [0.5, 0.6) is 5.75 Å². The maximum atomic E-state index is 10.3. The minimum Gasteiger partial charge on any atom is -1.00 e. The van der Waals surface area contributed by atoms with Crippen LogP contribution in [0.15, 0.2) is 24.3 Å². The number of aromatic carboxylic acids is 1. The van der Waals surface area contributed by atoms with Crippen LogP contribution in [0.4, 0.5) is 0 Å². The molecule has 5 heteroatoms. The van der Waals surface area contributed by atoms with Crippen LogP contribution >= 0.6 is 0 Å². The van der Waals surface area contributed by atoms with Crippen LogP contribution < -0.4 is 51.4 Å². The fourth-order valence-electron chi connectivity index (χ4n) is 0.654. The molecule has 0 saturated carbocycles. The molecule has 0 saturated heterocycles. The largest absolute Gasteiger partial charge is 2.00 e. The number of hydrogen-bond acceptors (Lipinski definition) is 2. The number of carboxylic acids is 1. The van der Waals surface area contributed by atoms with Crippen molar-refractivity contribution in [2.75, 3.05) is 0 Å². The van der Waals surface area contributed by atoms with Crippen LogP contribution in [-0.2, 0) is 0 Å². The number of phenols is 1. The van der Waals surface area contributed by atoms with Gasteiger partial charge < -0.3 is 14.5 Å². The molecule has 2 N–H and O–H groups in total. The maximum absolute atomic E-state index is 10.3. The molecule has 0 radical (unpaired) electrons. The Balaban J connectivity index is -0.0000000667. The summed E-state index contributed by atoms with van der Waals surface area (Å²) >= 11 is 0. The second kappa shape index (κ2) is 7.31. The molecule has 12 heavy (non-hydrogen) atoms. The first-order valence-electron chi connectivity index (χ1n) is 2.73. The Morgan fingerprint density at radius 3 is 2.17 bits per heavy atom. The molecular weight excluding hydrogens is 195 g/mol. The van der Waals surface area contributed by atoms with Gasteiger partial charge in [-0.3, -0.25) is 0 Å². The summed E-state index contributed by atoms with van der Waals surface area (Å²) in [4.78, 5) is 10.3. The Labute approximate surface area is 133 Å². The van der Waals surface area contributed by atoms with E-state index < -0.39 is 5.97 Å². The number of hydrogen-bond donors (Lipinski definition) is 2. The zero-order chi connectivity index (χ0) is 7.56. The molecule has 3 nitrogen and oxygen atoms in total. The molecule has 0 aromatic heterocycles. The van der Waals surface area contributed by atoms with Gasteiger partial charge in [-0.25, -0.2) is 4.79 Å². The molecule has 0 heterocycles. The van der Waals surface area contributed by atoms with Gasteiger partial charge in [-0.15, -0.1) is 0 Å². The minimum atomic E-state index is -1.11. The maximum Gasteiger partial charge on any atom is 2.00 e. The molecule has 0 aliphatic rings. The molecule has 0 amide bonds. The van der Waals surface area contributed by atoms with Crippen molar-refractivity contribution < 1.29 is 70.7 Å². The van der Waals surface area contributed by atoms with Gasteiger partial charge in [0.15, 0.2) is 0 Å². The standard InChI is InChI=1S/C7H6O3.K.Mg.3H/c8-6-4-2-1-3-5(6)7(9)10;;;;;/h1-4,8H,(H,9,10);;;;;/q;+1;+2;3*-1. The quantitative estimate of drug-likeness (QED) is 0.523. The summed E-state index contributed by atoms with van der Waals surface area (Å²) < 4.78 is 0. The number of carbonyl (C=O) groups is 1. The summed E-state index contributed by atoms with van der Waals surface area (Å²) in [5.41, 5.74) is -0.0671. The van der Waals surface area contributed by atoms with Gasteiger partial charge in [-0.2, -0.15) is 0 Å². The van der Waals surface area contributed by atoms with E-state index in [1.165, 1.54) is 12.1 Å². The zero-order valence-corrected chi connectivity index (χ0v) is 11.4. The predicted octanol–water partition coefficient (Wildman–Crippen LogP) is -1.95. The SMILES string of the molecule is O=C(O)c1ccccc1O.[H-].[H-].[H-].[K+].[Mg+2]. The average Bonchev–Trinajstić information content (AvgIpc) is 1.88. The summed E-state index contributed by atoms with van der Waals surface area (Å²) in [6.45, 7) is 0. The van der Waals surface area contributed by atoms with Gasteiger partial charge in [0.25, 0.3) is 0 Å². The van der Waals surface area contributed by atoms with Crippen molar-refractivity contribution in [1.29, 1.82) is 0 Å². The van der Waals surface area contributed by atoms with Gasteiger partial charge >= 0.3 is 80.4 Å². The second-order valence-electron chi connectivity index (χ2n) is 1.82. The van der Waals surface area contributed by atoms with E-state index in [4.69, 9.17) is 10.2 Å². The summed E-state index contributed by atoms with van der Waals surface area (Å²) in [5.74, 6) is -1.31. The van der Waals surface area contributed by atoms with Gasteiger partial charge in [0.1, 0.15) is 11.3 Å². The molecule has 0 unspecified atom stereocenters. The van der Waals surface area contributed by atoms with Gasteiger partial charge in [0.05, 0.1) is 0 Å². The third-order valence-corrected chi connectivity index (χ3v) is 1.13. The Kier molecular flexibility index (Phi) is 9.36. The van der Waals surface area contributed by atoms with E-state index >= 15 is 0 Å². The third kappa shape index (κ3) is 4.22. The van der Waals surface area contributed by atoms with E-state index in [0.717, 1.165) is 0 Å². The molecule has 0 aliphatic carbocycles. The minimum absolute atomic E-state index is 0. The molecular formula is C7H9KMgO3. The van der Waals surface area contributed by atoms with Gasteiger partial charge in [-0.1, -0.05) is 12.1 Å². The molecule has 1 rings (SSSR count). The summed E-state index contributed by atoms with van der Waals surface area (Å²) in [7, 11) is 0. The summed E-state index contributed by atoms with van der Waals surface area (Å²) in [6, 6.07) is 5.81. The molecule has 0 bridgehead atoms. The predicted molar refractivity (Wildman–Crippen MR) is 44.2 cm³/mol. The van der Waals surface area contributed by atoms with Gasteiger partial charge in [0, 0.05) is 0 Å². The van der Waals surface area contributed by atoms with Crippen molar-refractivity contribution in [3.63, 3.8) is 0 Å². The number of rotatable bonds is 1. The van der Waals surface area contributed by atoms with E-state index in [1.807, 2.05) is 0 Å². The summed E-state index contributed by atoms with van der Waals surface area (Å²) in [5, 5.41) is 17.3. The Hall–Kier alpha value is 0.893.